The number of carboxylic acid groups (broad SMARTS) is 1. The first-order chi connectivity index (χ1) is 14.1. The van der Waals surface area contributed by atoms with Crippen LogP contribution in [0, 0.1) is 5.92 Å². The number of nitrogens with zero attached hydrogens (tertiary/aromatic N) is 2. The molecule has 1 aliphatic rings. The summed E-state index contributed by atoms with van der Waals surface area (Å²) in [6, 6.07) is 18.3. The number of rotatable bonds is 5. The monoisotopic (exact) mass is 407 g/mol. The lowest BCUT2D eigenvalue weighted by Crippen LogP contribution is -2.31. The van der Waals surface area contributed by atoms with Gasteiger partial charge in [-0.25, -0.2) is 9.97 Å². The molecule has 29 heavy (non-hydrogen) atoms. The van der Waals surface area contributed by atoms with Gasteiger partial charge in [0.2, 0.25) is 5.95 Å². The second kappa shape index (κ2) is 8.62. The summed E-state index contributed by atoms with van der Waals surface area (Å²) >= 11 is 6.41. The Labute approximate surface area is 174 Å². The Balaban J connectivity index is 1.58. The summed E-state index contributed by atoms with van der Waals surface area (Å²) in [5.41, 5.74) is 3.78. The van der Waals surface area contributed by atoms with E-state index < -0.39 is 5.97 Å². The smallest absolute Gasteiger partial charge is 0.306 e. The number of halogens is 1. The third-order valence-electron chi connectivity index (χ3n) is 5.34. The van der Waals surface area contributed by atoms with Crippen molar-refractivity contribution in [2.75, 3.05) is 5.32 Å². The first-order valence-electron chi connectivity index (χ1n) is 9.78. The summed E-state index contributed by atoms with van der Waals surface area (Å²) in [7, 11) is 0. The minimum atomic E-state index is -0.730. The lowest BCUT2D eigenvalue weighted by Gasteiger charge is -2.27. The summed E-state index contributed by atoms with van der Waals surface area (Å²) in [5, 5.41) is 13.1. The predicted molar refractivity (Wildman–Crippen MR) is 115 cm³/mol. The Hall–Kier alpha value is -2.92. The molecule has 0 aliphatic heterocycles. The van der Waals surface area contributed by atoms with E-state index in [1.165, 1.54) is 0 Å². The summed E-state index contributed by atoms with van der Waals surface area (Å²) in [4.78, 5) is 20.3. The van der Waals surface area contributed by atoms with Gasteiger partial charge in [-0.1, -0.05) is 66.6 Å². The molecule has 148 valence electrons. The van der Waals surface area contributed by atoms with Gasteiger partial charge in [0.25, 0.3) is 0 Å². The van der Waals surface area contributed by atoms with E-state index in [1.54, 1.807) is 6.20 Å². The minimum absolute atomic E-state index is 0.0505. The van der Waals surface area contributed by atoms with Gasteiger partial charge in [0, 0.05) is 11.6 Å². The highest BCUT2D eigenvalue weighted by Crippen LogP contribution is 2.31. The number of carbonyl (C=O) groups is 1. The average Bonchev–Trinajstić information content (AvgIpc) is 2.76. The van der Waals surface area contributed by atoms with Gasteiger partial charge in [0.05, 0.1) is 22.8 Å². The van der Waals surface area contributed by atoms with Crippen molar-refractivity contribution in [1.82, 2.24) is 9.97 Å². The number of carboxylic acids is 1. The Morgan fingerprint density at radius 3 is 2.59 bits per heavy atom. The van der Waals surface area contributed by atoms with Crippen molar-refractivity contribution in [3.63, 3.8) is 0 Å². The summed E-state index contributed by atoms with van der Waals surface area (Å²) in [5.74, 6) is -0.562. The molecule has 2 aromatic carbocycles. The van der Waals surface area contributed by atoms with Crippen LogP contribution in [0.2, 0.25) is 5.02 Å². The van der Waals surface area contributed by atoms with Gasteiger partial charge in [-0.3, -0.25) is 4.79 Å². The maximum atomic E-state index is 11.3. The molecule has 6 heteroatoms. The zero-order chi connectivity index (χ0) is 20.2. The van der Waals surface area contributed by atoms with Crippen LogP contribution in [-0.4, -0.2) is 27.1 Å². The van der Waals surface area contributed by atoms with E-state index in [0.29, 0.717) is 23.1 Å². The molecule has 1 aliphatic carbocycles. The van der Waals surface area contributed by atoms with Crippen molar-refractivity contribution in [3.8, 4) is 22.4 Å². The standard InChI is InChI=1S/C23H22ClN3O2/c24-20-14-25-23(26-19-11-5-10-18(13-19)22(28)29)27-21(20)17-9-4-8-16(12-17)15-6-2-1-3-7-15/h1-4,6-9,12,14,18-19H,5,10-11,13H2,(H,28,29)(H,25,26,27)/t18-,19+/m1/s1. The van der Waals surface area contributed by atoms with E-state index in [-0.39, 0.29) is 12.0 Å². The molecule has 0 unspecified atom stereocenters. The van der Waals surface area contributed by atoms with Gasteiger partial charge >= 0.3 is 5.97 Å². The third-order valence-corrected chi connectivity index (χ3v) is 5.62. The zero-order valence-corrected chi connectivity index (χ0v) is 16.6. The molecule has 0 spiro atoms. The zero-order valence-electron chi connectivity index (χ0n) is 15.9. The number of aliphatic carboxylic acids is 1. The van der Waals surface area contributed by atoms with Crippen LogP contribution in [0.5, 0.6) is 0 Å². The Bertz CT molecular complexity index is 1010. The highest BCUT2D eigenvalue weighted by Gasteiger charge is 2.27. The van der Waals surface area contributed by atoms with E-state index in [9.17, 15) is 9.90 Å². The second-order valence-electron chi connectivity index (χ2n) is 7.38. The fourth-order valence-corrected chi connectivity index (χ4v) is 4.04. The maximum Gasteiger partial charge on any atom is 0.306 e. The van der Waals surface area contributed by atoms with E-state index in [4.69, 9.17) is 11.6 Å². The second-order valence-corrected chi connectivity index (χ2v) is 7.79. The van der Waals surface area contributed by atoms with Crippen molar-refractivity contribution in [2.45, 2.75) is 31.7 Å². The molecular weight excluding hydrogens is 386 g/mol. The number of hydrogen-bond acceptors (Lipinski definition) is 4. The summed E-state index contributed by atoms with van der Waals surface area (Å²) in [6.45, 7) is 0. The lowest BCUT2D eigenvalue weighted by molar-refractivity contribution is -0.142. The van der Waals surface area contributed by atoms with Crippen LogP contribution in [0.3, 0.4) is 0 Å². The lowest BCUT2D eigenvalue weighted by atomic mass is 9.86. The van der Waals surface area contributed by atoms with Gasteiger partial charge in [-0.2, -0.15) is 0 Å². The van der Waals surface area contributed by atoms with Crippen molar-refractivity contribution in [2.24, 2.45) is 5.92 Å². The molecule has 1 saturated carbocycles. The van der Waals surface area contributed by atoms with Gasteiger partial charge in [0.15, 0.2) is 0 Å². The number of aromatic nitrogens is 2. The van der Waals surface area contributed by atoms with Crippen LogP contribution >= 0.6 is 11.6 Å². The molecule has 0 amide bonds. The topological polar surface area (TPSA) is 75.1 Å². The third kappa shape index (κ3) is 4.57. The molecule has 1 heterocycles. The molecule has 1 fully saturated rings. The molecule has 4 rings (SSSR count). The fraction of sp³-hybridized carbons (Fsp3) is 0.261. The molecule has 1 aromatic heterocycles. The fourth-order valence-electron chi connectivity index (χ4n) is 3.84. The van der Waals surface area contributed by atoms with E-state index in [1.807, 2.05) is 30.3 Å². The Kier molecular flexibility index (Phi) is 5.76. The molecule has 0 saturated heterocycles. The molecule has 0 radical (unpaired) electrons. The van der Waals surface area contributed by atoms with Crippen molar-refractivity contribution in [3.05, 3.63) is 65.8 Å². The van der Waals surface area contributed by atoms with Gasteiger partial charge in [0.1, 0.15) is 0 Å². The Morgan fingerprint density at radius 1 is 1.03 bits per heavy atom. The quantitative estimate of drug-likeness (QED) is 0.582. The average molecular weight is 408 g/mol. The molecule has 5 nitrogen and oxygen atoms in total. The molecular formula is C23H22ClN3O2. The molecule has 2 N–H and O–H groups in total. The summed E-state index contributed by atoms with van der Waals surface area (Å²) < 4.78 is 0. The van der Waals surface area contributed by atoms with E-state index in [2.05, 4.69) is 39.6 Å². The Morgan fingerprint density at radius 2 is 1.79 bits per heavy atom. The molecule has 0 bridgehead atoms. The van der Waals surface area contributed by atoms with Gasteiger partial charge in [-0.15, -0.1) is 0 Å². The summed E-state index contributed by atoms with van der Waals surface area (Å²) in [6.07, 6.45) is 4.70. The van der Waals surface area contributed by atoms with Crippen molar-refractivity contribution < 1.29 is 9.90 Å². The van der Waals surface area contributed by atoms with E-state index in [0.717, 1.165) is 36.0 Å². The minimum Gasteiger partial charge on any atom is -0.481 e. The highest BCUT2D eigenvalue weighted by molar-refractivity contribution is 6.32. The van der Waals surface area contributed by atoms with Crippen LogP contribution in [0.4, 0.5) is 5.95 Å². The number of hydrogen-bond donors (Lipinski definition) is 2. The van der Waals surface area contributed by atoms with Crippen molar-refractivity contribution >= 4 is 23.5 Å². The SMILES string of the molecule is O=C(O)[C@@H]1CCC[C@H](Nc2ncc(Cl)c(-c3cccc(-c4ccccc4)c3)n2)C1. The largest absolute Gasteiger partial charge is 0.481 e. The normalized spacial score (nSPS) is 18.9. The number of benzene rings is 2. The predicted octanol–water partition coefficient (Wildman–Crippen LogP) is 5.52. The van der Waals surface area contributed by atoms with Crippen LogP contribution in [0.1, 0.15) is 25.7 Å². The number of anilines is 1. The van der Waals surface area contributed by atoms with Gasteiger partial charge < -0.3 is 10.4 Å². The van der Waals surface area contributed by atoms with Crippen LogP contribution < -0.4 is 5.32 Å². The highest BCUT2D eigenvalue weighted by atomic mass is 35.5. The first kappa shape index (κ1) is 19.4. The van der Waals surface area contributed by atoms with Crippen LogP contribution in [-0.2, 0) is 4.79 Å². The van der Waals surface area contributed by atoms with Crippen LogP contribution in [0.25, 0.3) is 22.4 Å². The molecule has 2 atom stereocenters. The van der Waals surface area contributed by atoms with Crippen LogP contribution in [0.15, 0.2) is 60.8 Å². The molecule has 3 aromatic rings. The number of nitrogens with one attached hydrogen (secondary N) is 1. The van der Waals surface area contributed by atoms with Crippen molar-refractivity contribution in [1.29, 1.82) is 0 Å². The van der Waals surface area contributed by atoms with E-state index >= 15 is 0 Å². The van der Waals surface area contributed by atoms with Gasteiger partial charge in [-0.05, 0) is 36.5 Å². The maximum absolute atomic E-state index is 11.3. The first-order valence-corrected chi connectivity index (χ1v) is 10.2.